The molecule has 3 N–H and O–H groups in total. The first-order chi connectivity index (χ1) is 8.29. The van der Waals surface area contributed by atoms with E-state index in [2.05, 4.69) is 4.90 Å². The molecule has 0 aliphatic carbocycles. The fourth-order valence-corrected chi connectivity index (χ4v) is 3.19. The molecule has 17 heavy (non-hydrogen) atoms. The van der Waals surface area contributed by atoms with E-state index in [0.717, 1.165) is 45.6 Å². The van der Waals surface area contributed by atoms with Crippen LogP contribution in [0.15, 0.2) is 0 Å². The maximum atomic E-state index is 8.94. The molecular formula is C13H26N2O2. The van der Waals surface area contributed by atoms with Gasteiger partial charge in [-0.15, -0.1) is 0 Å². The average molecular weight is 242 g/mol. The standard InChI is InChI=1S/C13H26N2O2/c14-9-13(5-8-17-11-13)10-15-6-1-3-12(15)4-2-7-16/h12,16H,1-11,14H2. The van der Waals surface area contributed by atoms with E-state index in [4.69, 9.17) is 15.6 Å². The Labute approximate surface area is 104 Å². The molecule has 2 heterocycles. The monoisotopic (exact) mass is 242 g/mol. The van der Waals surface area contributed by atoms with Crippen molar-refractivity contribution >= 4 is 0 Å². The Bertz CT molecular complexity index is 229. The Balaban J connectivity index is 1.87. The van der Waals surface area contributed by atoms with Crippen molar-refractivity contribution < 1.29 is 9.84 Å². The first-order valence-corrected chi connectivity index (χ1v) is 6.92. The number of hydrogen-bond donors (Lipinski definition) is 2. The molecule has 2 rings (SSSR count). The van der Waals surface area contributed by atoms with Crippen molar-refractivity contribution in [2.75, 3.05) is 39.5 Å². The second-order valence-electron chi connectivity index (χ2n) is 5.64. The zero-order valence-electron chi connectivity index (χ0n) is 10.7. The van der Waals surface area contributed by atoms with Crippen LogP contribution in [-0.2, 0) is 4.74 Å². The van der Waals surface area contributed by atoms with Crippen LogP contribution < -0.4 is 5.73 Å². The molecule has 4 nitrogen and oxygen atoms in total. The van der Waals surface area contributed by atoms with E-state index in [9.17, 15) is 0 Å². The van der Waals surface area contributed by atoms with Crippen molar-refractivity contribution in [3.63, 3.8) is 0 Å². The fraction of sp³-hybridized carbons (Fsp3) is 1.00. The maximum absolute atomic E-state index is 8.94. The highest BCUT2D eigenvalue weighted by atomic mass is 16.5. The van der Waals surface area contributed by atoms with Gasteiger partial charge in [0.2, 0.25) is 0 Å². The first kappa shape index (κ1) is 13.3. The molecule has 2 aliphatic heterocycles. The maximum Gasteiger partial charge on any atom is 0.0547 e. The minimum Gasteiger partial charge on any atom is -0.396 e. The Hall–Kier alpha value is -0.160. The lowest BCUT2D eigenvalue weighted by atomic mass is 9.86. The molecule has 0 aromatic rings. The summed E-state index contributed by atoms with van der Waals surface area (Å²) in [6.07, 6.45) is 5.72. The molecule has 0 spiro atoms. The van der Waals surface area contributed by atoms with Gasteiger partial charge in [-0.2, -0.15) is 0 Å². The van der Waals surface area contributed by atoms with Crippen LogP contribution in [0.4, 0.5) is 0 Å². The molecule has 4 heteroatoms. The van der Waals surface area contributed by atoms with E-state index >= 15 is 0 Å². The SMILES string of the molecule is NCC1(CN2CCCC2CCCO)CCOC1. The highest BCUT2D eigenvalue weighted by molar-refractivity contribution is 4.91. The molecule has 2 saturated heterocycles. The summed E-state index contributed by atoms with van der Waals surface area (Å²) < 4.78 is 5.53. The van der Waals surface area contributed by atoms with Gasteiger partial charge in [-0.1, -0.05) is 0 Å². The predicted octanol–water partition coefficient (Wildman–Crippen LogP) is 0.589. The Morgan fingerprint density at radius 1 is 1.47 bits per heavy atom. The van der Waals surface area contributed by atoms with E-state index < -0.39 is 0 Å². The van der Waals surface area contributed by atoms with Crippen LogP contribution in [-0.4, -0.2) is 55.5 Å². The summed E-state index contributed by atoms with van der Waals surface area (Å²) in [4.78, 5) is 2.58. The summed E-state index contributed by atoms with van der Waals surface area (Å²) in [7, 11) is 0. The van der Waals surface area contributed by atoms with E-state index in [1.807, 2.05) is 0 Å². The van der Waals surface area contributed by atoms with Gasteiger partial charge in [0.1, 0.15) is 0 Å². The van der Waals surface area contributed by atoms with Gasteiger partial charge in [0.25, 0.3) is 0 Å². The van der Waals surface area contributed by atoms with Crippen molar-refractivity contribution in [2.24, 2.45) is 11.1 Å². The van der Waals surface area contributed by atoms with Crippen LogP contribution in [0.1, 0.15) is 32.1 Å². The van der Waals surface area contributed by atoms with Crippen molar-refractivity contribution in [3.05, 3.63) is 0 Å². The third-order valence-corrected chi connectivity index (χ3v) is 4.35. The van der Waals surface area contributed by atoms with E-state index in [0.29, 0.717) is 12.6 Å². The molecule has 0 amide bonds. The lowest BCUT2D eigenvalue weighted by molar-refractivity contribution is 0.104. The summed E-state index contributed by atoms with van der Waals surface area (Å²) in [6.45, 7) is 5.02. The third-order valence-electron chi connectivity index (χ3n) is 4.35. The van der Waals surface area contributed by atoms with Gasteiger partial charge in [0.15, 0.2) is 0 Å². The number of nitrogens with zero attached hydrogens (tertiary/aromatic N) is 1. The van der Waals surface area contributed by atoms with Crippen LogP contribution in [0.5, 0.6) is 0 Å². The quantitative estimate of drug-likeness (QED) is 0.716. The Kier molecular flexibility index (Phi) is 4.79. The van der Waals surface area contributed by atoms with Gasteiger partial charge in [0, 0.05) is 37.8 Å². The Morgan fingerprint density at radius 2 is 2.35 bits per heavy atom. The number of rotatable bonds is 6. The lowest BCUT2D eigenvalue weighted by Gasteiger charge is -2.34. The zero-order chi connectivity index (χ0) is 12.1. The van der Waals surface area contributed by atoms with Crippen molar-refractivity contribution in [1.29, 1.82) is 0 Å². The topological polar surface area (TPSA) is 58.7 Å². The van der Waals surface area contributed by atoms with Crippen LogP contribution >= 0.6 is 0 Å². The lowest BCUT2D eigenvalue weighted by Crippen LogP contribution is -2.45. The summed E-state index contributed by atoms with van der Waals surface area (Å²) in [5, 5.41) is 8.94. The largest absolute Gasteiger partial charge is 0.396 e. The average Bonchev–Trinajstić information content (AvgIpc) is 2.97. The van der Waals surface area contributed by atoms with Crippen LogP contribution in [0, 0.1) is 5.41 Å². The van der Waals surface area contributed by atoms with Crippen LogP contribution in [0.25, 0.3) is 0 Å². The second-order valence-corrected chi connectivity index (χ2v) is 5.64. The highest BCUT2D eigenvalue weighted by Crippen LogP contribution is 2.32. The van der Waals surface area contributed by atoms with E-state index in [1.54, 1.807) is 0 Å². The number of aliphatic hydroxyl groups is 1. The molecule has 0 saturated carbocycles. The highest BCUT2D eigenvalue weighted by Gasteiger charge is 2.38. The van der Waals surface area contributed by atoms with Gasteiger partial charge in [-0.25, -0.2) is 0 Å². The van der Waals surface area contributed by atoms with Gasteiger partial charge in [-0.05, 0) is 38.6 Å². The van der Waals surface area contributed by atoms with E-state index in [1.165, 1.54) is 19.4 Å². The molecule has 100 valence electrons. The molecular weight excluding hydrogens is 216 g/mol. The predicted molar refractivity (Wildman–Crippen MR) is 67.8 cm³/mol. The Morgan fingerprint density at radius 3 is 3.00 bits per heavy atom. The van der Waals surface area contributed by atoms with Gasteiger partial charge in [0.05, 0.1) is 6.61 Å². The van der Waals surface area contributed by atoms with Gasteiger partial charge >= 0.3 is 0 Å². The molecule has 2 aliphatic rings. The number of ether oxygens (including phenoxy) is 1. The molecule has 0 radical (unpaired) electrons. The van der Waals surface area contributed by atoms with Crippen molar-refractivity contribution in [2.45, 2.75) is 38.1 Å². The normalized spacial score (nSPS) is 34.6. The van der Waals surface area contributed by atoms with Gasteiger partial charge < -0.3 is 15.6 Å². The number of likely N-dealkylation sites (tertiary alicyclic amines) is 1. The first-order valence-electron chi connectivity index (χ1n) is 6.92. The second kappa shape index (κ2) is 6.14. The van der Waals surface area contributed by atoms with Crippen molar-refractivity contribution in [1.82, 2.24) is 4.90 Å². The summed E-state index contributed by atoms with van der Waals surface area (Å²) in [5.41, 5.74) is 6.14. The van der Waals surface area contributed by atoms with E-state index in [-0.39, 0.29) is 5.41 Å². The van der Waals surface area contributed by atoms with Crippen molar-refractivity contribution in [3.8, 4) is 0 Å². The molecule has 2 unspecified atom stereocenters. The molecule has 2 atom stereocenters. The number of aliphatic hydroxyl groups excluding tert-OH is 1. The molecule has 0 bridgehead atoms. The third kappa shape index (κ3) is 3.19. The summed E-state index contributed by atoms with van der Waals surface area (Å²) in [6, 6.07) is 0.658. The summed E-state index contributed by atoms with van der Waals surface area (Å²) >= 11 is 0. The smallest absolute Gasteiger partial charge is 0.0547 e. The van der Waals surface area contributed by atoms with Crippen LogP contribution in [0.3, 0.4) is 0 Å². The minimum absolute atomic E-state index is 0.196. The zero-order valence-corrected chi connectivity index (χ0v) is 10.7. The van der Waals surface area contributed by atoms with Gasteiger partial charge in [-0.3, -0.25) is 4.90 Å². The molecule has 0 aromatic heterocycles. The fourth-order valence-electron chi connectivity index (χ4n) is 3.19. The molecule has 0 aromatic carbocycles. The minimum atomic E-state index is 0.196. The number of nitrogens with two attached hydrogens (primary N) is 1. The van der Waals surface area contributed by atoms with Crippen LogP contribution in [0.2, 0.25) is 0 Å². The summed E-state index contributed by atoms with van der Waals surface area (Å²) in [5.74, 6) is 0. The molecule has 2 fully saturated rings. The number of hydrogen-bond acceptors (Lipinski definition) is 4.